The highest BCUT2D eigenvalue weighted by atomic mass is 16.6. The zero-order valence-corrected chi connectivity index (χ0v) is 16.0. The maximum Gasteiger partial charge on any atom is 0.331 e. The van der Waals surface area contributed by atoms with Crippen molar-refractivity contribution >= 4 is 11.9 Å². The van der Waals surface area contributed by atoms with E-state index in [1.807, 2.05) is 30.3 Å². The molecule has 1 unspecified atom stereocenters. The van der Waals surface area contributed by atoms with Gasteiger partial charge in [0.15, 0.2) is 6.04 Å². The van der Waals surface area contributed by atoms with E-state index in [-0.39, 0.29) is 0 Å². The molecule has 0 fully saturated rings. The number of benzene rings is 2. The van der Waals surface area contributed by atoms with E-state index in [0.29, 0.717) is 18.4 Å². The van der Waals surface area contributed by atoms with Gasteiger partial charge in [-0.1, -0.05) is 48.5 Å². The molecule has 27 heavy (non-hydrogen) atoms. The molecule has 0 aliphatic carbocycles. The third kappa shape index (κ3) is 6.87. The summed E-state index contributed by atoms with van der Waals surface area (Å²) < 4.78 is 5.40. The first-order valence-electron chi connectivity index (χ1n) is 9.07. The molecule has 5 nitrogen and oxygen atoms in total. The fourth-order valence-electron chi connectivity index (χ4n) is 2.62. The fraction of sp³-hybridized carbons (Fsp3) is 0.364. The number of carbonyl (C=O) groups excluding carboxylic acids is 2. The summed E-state index contributed by atoms with van der Waals surface area (Å²) in [6, 6.07) is 17.1. The third-order valence-electron chi connectivity index (χ3n) is 3.94. The molecule has 5 heteroatoms. The van der Waals surface area contributed by atoms with Crippen LogP contribution in [-0.2, 0) is 16.0 Å². The van der Waals surface area contributed by atoms with Crippen molar-refractivity contribution in [2.24, 2.45) is 0 Å². The van der Waals surface area contributed by atoms with Gasteiger partial charge in [0.2, 0.25) is 0 Å². The maximum atomic E-state index is 12.6. The number of hydrogen-bond donors (Lipinski definition) is 2. The second kappa shape index (κ2) is 9.33. The summed E-state index contributed by atoms with van der Waals surface area (Å²) >= 11 is 0. The van der Waals surface area contributed by atoms with Crippen molar-refractivity contribution in [3.05, 3.63) is 71.8 Å². The molecule has 0 spiro atoms. The van der Waals surface area contributed by atoms with Gasteiger partial charge in [-0.15, -0.1) is 0 Å². The molecular weight excluding hydrogens is 342 g/mol. The van der Waals surface area contributed by atoms with Crippen LogP contribution in [0.1, 0.15) is 43.1 Å². The number of aryl methyl sites for hydroxylation is 1. The van der Waals surface area contributed by atoms with Crippen molar-refractivity contribution in [3.63, 3.8) is 0 Å². The molecule has 0 radical (unpaired) electrons. The van der Waals surface area contributed by atoms with Crippen LogP contribution in [0.25, 0.3) is 0 Å². The SMILES string of the molecule is CC(C)(C)OC(=O)[C@@H](NC(=O)c1ccccc1)C(O)CCc1ccccc1. The molecular formula is C22H27NO4. The zero-order valence-electron chi connectivity index (χ0n) is 16.0. The second-order valence-corrected chi connectivity index (χ2v) is 7.44. The highest BCUT2D eigenvalue weighted by Gasteiger charge is 2.32. The van der Waals surface area contributed by atoms with Gasteiger partial charge < -0.3 is 15.2 Å². The minimum absolute atomic E-state index is 0.322. The average Bonchev–Trinajstić information content (AvgIpc) is 2.64. The number of nitrogens with one attached hydrogen (secondary N) is 1. The maximum absolute atomic E-state index is 12.6. The number of esters is 1. The molecule has 2 atom stereocenters. The Hall–Kier alpha value is -2.66. The van der Waals surface area contributed by atoms with E-state index < -0.39 is 29.6 Å². The number of carbonyl (C=O) groups is 2. The first-order valence-corrected chi connectivity index (χ1v) is 9.07. The van der Waals surface area contributed by atoms with Gasteiger partial charge in [0, 0.05) is 5.56 Å². The van der Waals surface area contributed by atoms with Crippen LogP contribution in [-0.4, -0.2) is 34.7 Å². The Balaban J connectivity index is 2.10. The number of aliphatic hydroxyl groups excluding tert-OH is 1. The van der Waals surface area contributed by atoms with Gasteiger partial charge in [0.05, 0.1) is 6.10 Å². The van der Waals surface area contributed by atoms with Gasteiger partial charge in [0.1, 0.15) is 5.60 Å². The van der Waals surface area contributed by atoms with Crippen molar-refractivity contribution in [3.8, 4) is 0 Å². The van der Waals surface area contributed by atoms with E-state index in [0.717, 1.165) is 5.56 Å². The van der Waals surface area contributed by atoms with Crippen LogP contribution in [0.5, 0.6) is 0 Å². The summed E-state index contributed by atoms with van der Waals surface area (Å²) in [6.45, 7) is 5.24. The van der Waals surface area contributed by atoms with Gasteiger partial charge in [-0.2, -0.15) is 0 Å². The minimum Gasteiger partial charge on any atom is -0.458 e. The Labute approximate surface area is 160 Å². The van der Waals surface area contributed by atoms with Crippen molar-refractivity contribution in [1.82, 2.24) is 5.32 Å². The Morgan fingerprint density at radius 1 is 1.00 bits per heavy atom. The van der Waals surface area contributed by atoms with E-state index in [1.54, 1.807) is 51.1 Å². The summed E-state index contributed by atoms with van der Waals surface area (Å²) in [5.41, 5.74) is 0.751. The third-order valence-corrected chi connectivity index (χ3v) is 3.94. The monoisotopic (exact) mass is 369 g/mol. The lowest BCUT2D eigenvalue weighted by atomic mass is 10.0. The molecule has 1 amide bonds. The first kappa shape index (κ1) is 20.6. The van der Waals surface area contributed by atoms with Crippen LogP contribution >= 0.6 is 0 Å². The summed E-state index contributed by atoms with van der Waals surface area (Å²) in [6.07, 6.45) is -0.154. The standard InChI is InChI=1S/C22H27NO4/c1-22(2,3)27-21(26)19(23-20(25)17-12-8-5-9-13-17)18(24)15-14-16-10-6-4-7-11-16/h4-13,18-19,24H,14-15H2,1-3H3,(H,23,25)/t18?,19-/m0/s1. The molecule has 2 aromatic rings. The smallest absolute Gasteiger partial charge is 0.331 e. The molecule has 0 aromatic heterocycles. The summed E-state index contributed by atoms with van der Waals surface area (Å²) in [7, 11) is 0. The van der Waals surface area contributed by atoms with Gasteiger partial charge in [0.25, 0.3) is 5.91 Å². The predicted molar refractivity (Wildman–Crippen MR) is 104 cm³/mol. The normalized spacial score (nSPS) is 13.5. The molecule has 144 valence electrons. The van der Waals surface area contributed by atoms with E-state index in [1.165, 1.54) is 0 Å². The Kier molecular flexibility index (Phi) is 7.13. The highest BCUT2D eigenvalue weighted by Crippen LogP contribution is 2.14. The van der Waals surface area contributed by atoms with Crippen LogP contribution in [0, 0.1) is 0 Å². The minimum atomic E-state index is -1.14. The number of ether oxygens (including phenoxy) is 1. The van der Waals surface area contributed by atoms with E-state index in [2.05, 4.69) is 5.32 Å². The lowest BCUT2D eigenvalue weighted by Crippen LogP contribution is -2.51. The second-order valence-electron chi connectivity index (χ2n) is 7.44. The molecule has 0 aliphatic heterocycles. The van der Waals surface area contributed by atoms with Crippen LogP contribution in [0.4, 0.5) is 0 Å². The van der Waals surface area contributed by atoms with E-state index in [4.69, 9.17) is 4.74 Å². The van der Waals surface area contributed by atoms with Crippen molar-refractivity contribution in [1.29, 1.82) is 0 Å². The quantitative estimate of drug-likeness (QED) is 0.736. The topological polar surface area (TPSA) is 75.6 Å². The molecule has 0 bridgehead atoms. The molecule has 2 rings (SSSR count). The largest absolute Gasteiger partial charge is 0.458 e. The Bertz CT molecular complexity index is 738. The first-order chi connectivity index (χ1) is 12.8. The lowest BCUT2D eigenvalue weighted by molar-refractivity contribution is -0.160. The number of aliphatic hydroxyl groups is 1. The zero-order chi connectivity index (χ0) is 19.9. The highest BCUT2D eigenvalue weighted by molar-refractivity contribution is 5.96. The molecule has 2 aromatic carbocycles. The predicted octanol–water partition coefficient (Wildman–Crippen LogP) is 3.12. The molecule has 0 saturated heterocycles. The van der Waals surface area contributed by atoms with Gasteiger partial charge in [-0.05, 0) is 51.3 Å². The Morgan fingerprint density at radius 3 is 2.11 bits per heavy atom. The van der Waals surface area contributed by atoms with E-state index >= 15 is 0 Å². The average molecular weight is 369 g/mol. The van der Waals surface area contributed by atoms with Crippen LogP contribution in [0.15, 0.2) is 60.7 Å². The molecule has 0 saturated carbocycles. The number of rotatable bonds is 7. The number of amides is 1. The van der Waals surface area contributed by atoms with Gasteiger partial charge >= 0.3 is 5.97 Å². The Morgan fingerprint density at radius 2 is 1.56 bits per heavy atom. The molecule has 0 heterocycles. The lowest BCUT2D eigenvalue weighted by Gasteiger charge is -2.27. The van der Waals surface area contributed by atoms with Crippen molar-refractivity contribution in [2.45, 2.75) is 51.4 Å². The molecule has 0 aliphatic rings. The van der Waals surface area contributed by atoms with E-state index in [9.17, 15) is 14.7 Å². The van der Waals surface area contributed by atoms with Crippen LogP contribution in [0.3, 0.4) is 0 Å². The molecule has 2 N–H and O–H groups in total. The van der Waals surface area contributed by atoms with Gasteiger partial charge in [-0.3, -0.25) is 4.79 Å². The van der Waals surface area contributed by atoms with Crippen molar-refractivity contribution in [2.75, 3.05) is 0 Å². The summed E-state index contributed by atoms with van der Waals surface area (Å²) in [5, 5.41) is 13.2. The van der Waals surface area contributed by atoms with Gasteiger partial charge in [-0.25, -0.2) is 4.79 Å². The fourth-order valence-corrected chi connectivity index (χ4v) is 2.62. The van der Waals surface area contributed by atoms with Crippen LogP contribution in [0.2, 0.25) is 0 Å². The summed E-state index contributed by atoms with van der Waals surface area (Å²) in [5.74, 6) is -1.07. The van der Waals surface area contributed by atoms with Crippen molar-refractivity contribution < 1.29 is 19.4 Å². The summed E-state index contributed by atoms with van der Waals surface area (Å²) in [4.78, 5) is 25.1. The number of hydrogen-bond acceptors (Lipinski definition) is 4. The van der Waals surface area contributed by atoms with Crippen LogP contribution < -0.4 is 5.32 Å².